The van der Waals surface area contributed by atoms with Crippen LogP contribution in [-0.4, -0.2) is 10.1 Å². The number of benzene rings is 1. The SMILES string of the molecule is CC(C)(C)c1csc(CC(O)c2cccc(C3CC3)c2)n1. The van der Waals surface area contributed by atoms with Gasteiger partial charge < -0.3 is 5.11 Å². The molecule has 0 saturated heterocycles. The lowest BCUT2D eigenvalue weighted by Crippen LogP contribution is -2.12. The highest BCUT2D eigenvalue weighted by Crippen LogP contribution is 2.40. The number of rotatable bonds is 4. The van der Waals surface area contributed by atoms with Gasteiger partial charge in [-0.15, -0.1) is 11.3 Å². The van der Waals surface area contributed by atoms with Crippen LogP contribution in [0.25, 0.3) is 0 Å². The van der Waals surface area contributed by atoms with Crippen LogP contribution in [0.3, 0.4) is 0 Å². The van der Waals surface area contributed by atoms with Crippen LogP contribution in [-0.2, 0) is 11.8 Å². The molecule has 0 bridgehead atoms. The third-order valence-electron chi connectivity index (χ3n) is 4.03. The Morgan fingerprint density at radius 1 is 1.33 bits per heavy atom. The fourth-order valence-corrected chi connectivity index (χ4v) is 3.53. The number of nitrogens with zero attached hydrogens (tertiary/aromatic N) is 1. The minimum atomic E-state index is -0.456. The Bertz CT molecular complexity index is 622. The van der Waals surface area contributed by atoms with Crippen LogP contribution in [0, 0.1) is 0 Å². The second-order valence-corrected chi connectivity index (χ2v) is 7.98. The van der Waals surface area contributed by atoms with Crippen LogP contribution >= 0.6 is 11.3 Å². The predicted molar refractivity (Wildman–Crippen MR) is 87.9 cm³/mol. The van der Waals surface area contributed by atoms with E-state index in [2.05, 4.69) is 49.3 Å². The maximum absolute atomic E-state index is 10.5. The molecule has 0 aliphatic heterocycles. The van der Waals surface area contributed by atoms with Crippen LogP contribution < -0.4 is 0 Å². The van der Waals surface area contributed by atoms with Crippen molar-refractivity contribution in [1.82, 2.24) is 4.98 Å². The van der Waals surface area contributed by atoms with Gasteiger partial charge in [-0.25, -0.2) is 4.98 Å². The summed E-state index contributed by atoms with van der Waals surface area (Å²) in [6, 6.07) is 8.43. The van der Waals surface area contributed by atoms with Gasteiger partial charge in [-0.2, -0.15) is 0 Å². The van der Waals surface area contributed by atoms with Gasteiger partial charge in [0.25, 0.3) is 0 Å². The highest BCUT2D eigenvalue weighted by molar-refractivity contribution is 7.09. The lowest BCUT2D eigenvalue weighted by molar-refractivity contribution is 0.178. The third kappa shape index (κ3) is 3.53. The van der Waals surface area contributed by atoms with Crippen molar-refractivity contribution in [2.24, 2.45) is 0 Å². The maximum atomic E-state index is 10.5. The zero-order valence-corrected chi connectivity index (χ0v) is 13.8. The zero-order valence-electron chi connectivity index (χ0n) is 13.0. The molecule has 3 rings (SSSR count). The summed E-state index contributed by atoms with van der Waals surface area (Å²) in [4.78, 5) is 4.68. The molecule has 1 heterocycles. The number of hydrogen-bond acceptors (Lipinski definition) is 3. The van der Waals surface area contributed by atoms with Crippen molar-refractivity contribution in [2.75, 3.05) is 0 Å². The maximum Gasteiger partial charge on any atom is 0.0957 e. The Morgan fingerprint density at radius 2 is 2.10 bits per heavy atom. The number of thiazole rings is 1. The first-order valence-corrected chi connectivity index (χ1v) is 8.54. The summed E-state index contributed by atoms with van der Waals surface area (Å²) in [5.41, 5.74) is 3.58. The van der Waals surface area contributed by atoms with E-state index in [9.17, 15) is 5.11 Å². The highest BCUT2D eigenvalue weighted by atomic mass is 32.1. The van der Waals surface area contributed by atoms with Gasteiger partial charge in [0.15, 0.2) is 0 Å². The van der Waals surface area contributed by atoms with Gasteiger partial charge in [0, 0.05) is 17.2 Å². The molecule has 1 aromatic heterocycles. The lowest BCUT2D eigenvalue weighted by atomic mass is 9.93. The molecule has 112 valence electrons. The molecule has 1 unspecified atom stereocenters. The van der Waals surface area contributed by atoms with Crippen molar-refractivity contribution in [3.63, 3.8) is 0 Å². The molecule has 1 saturated carbocycles. The summed E-state index contributed by atoms with van der Waals surface area (Å²) < 4.78 is 0. The van der Waals surface area contributed by atoms with E-state index in [1.807, 2.05) is 6.07 Å². The van der Waals surface area contributed by atoms with E-state index in [4.69, 9.17) is 0 Å². The number of aliphatic hydroxyl groups is 1. The normalized spacial score (nSPS) is 17.0. The lowest BCUT2D eigenvalue weighted by Gasteiger charge is -2.14. The summed E-state index contributed by atoms with van der Waals surface area (Å²) in [6.07, 6.45) is 2.74. The van der Waals surface area contributed by atoms with Crippen LogP contribution in [0.15, 0.2) is 29.6 Å². The van der Waals surface area contributed by atoms with Crippen LogP contribution in [0.5, 0.6) is 0 Å². The molecule has 3 heteroatoms. The minimum Gasteiger partial charge on any atom is -0.388 e. The Morgan fingerprint density at radius 3 is 2.71 bits per heavy atom. The van der Waals surface area contributed by atoms with E-state index in [1.54, 1.807) is 11.3 Å². The van der Waals surface area contributed by atoms with E-state index in [0.29, 0.717) is 6.42 Å². The molecule has 21 heavy (non-hydrogen) atoms. The molecule has 1 fully saturated rings. The molecule has 2 nitrogen and oxygen atoms in total. The van der Waals surface area contributed by atoms with Gasteiger partial charge in [-0.1, -0.05) is 45.0 Å². The molecule has 0 radical (unpaired) electrons. The van der Waals surface area contributed by atoms with Crippen molar-refractivity contribution in [3.8, 4) is 0 Å². The number of aromatic nitrogens is 1. The molecule has 0 spiro atoms. The second-order valence-electron chi connectivity index (χ2n) is 7.04. The summed E-state index contributed by atoms with van der Waals surface area (Å²) in [7, 11) is 0. The molecule has 1 N–H and O–H groups in total. The Hall–Kier alpha value is -1.19. The minimum absolute atomic E-state index is 0.0750. The fourth-order valence-electron chi connectivity index (χ4n) is 2.47. The number of hydrogen-bond donors (Lipinski definition) is 1. The zero-order chi connectivity index (χ0) is 15.0. The van der Waals surface area contributed by atoms with Gasteiger partial charge in [0.2, 0.25) is 0 Å². The molecule has 1 aromatic carbocycles. The van der Waals surface area contributed by atoms with Crippen LogP contribution in [0.4, 0.5) is 0 Å². The summed E-state index contributed by atoms with van der Waals surface area (Å²) in [5, 5.41) is 13.6. The summed E-state index contributed by atoms with van der Waals surface area (Å²) in [6.45, 7) is 6.50. The molecule has 1 aliphatic rings. The standard InChI is InChI=1S/C18H23NOS/c1-18(2,3)16-11-21-17(19-16)10-15(20)14-6-4-5-13(9-14)12-7-8-12/h4-6,9,11-12,15,20H,7-8,10H2,1-3H3. The van der Waals surface area contributed by atoms with E-state index in [0.717, 1.165) is 22.2 Å². The monoisotopic (exact) mass is 301 g/mol. The average Bonchev–Trinajstić information content (AvgIpc) is 3.18. The van der Waals surface area contributed by atoms with Crippen molar-refractivity contribution in [1.29, 1.82) is 0 Å². The van der Waals surface area contributed by atoms with E-state index in [1.165, 1.54) is 18.4 Å². The van der Waals surface area contributed by atoms with E-state index in [-0.39, 0.29) is 5.41 Å². The van der Waals surface area contributed by atoms with E-state index < -0.39 is 6.10 Å². The first kappa shape index (κ1) is 14.7. The Balaban J connectivity index is 1.72. The highest BCUT2D eigenvalue weighted by Gasteiger charge is 2.24. The Kier molecular flexibility index (Phi) is 3.89. The van der Waals surface area contributed by atoms with Crippen molar-refractivity contribution in [3.05, 3.63) is 51.5 Å². The van der Waals surface area contributed by atoms with Gasteiger partial charge >= 0.3 is 0 Å². The average molecular weight is 301 g/mol. The van der Waals surface area contributed by atoms with Crippen LogP contribution in [0.2, 0.25) is 0 Å². The molecular weight excluding hydrogens is 278 g/mol. The molecule has 1 aliphatic carbocycles. The Labute approximate surface area is 130 Å². The van der Waals surface area contributed by atoms with Crippen molar-refractivity contribution < 1.29 is 5.11 Å². The van der Waals surface area contributed by atoms with Gasteiger partial charge in [-0.3, -0.25) is 0 Å². The van der Waals surface area contributed by atoms with Gasteiger partial charge in [0.1, 0.15) is 0 Å². The summed E-state index contributed by atoms with van der Waals surface area (Å²) in [5.74, 6) is 0.726. The van der Waals surface area contributed by atoms with Crippen molar-refractivity contribution >= 4 is 11.3 Å². The molecule has 0 amide bonds. The van der Waals surface area contributed by atoms with Crippen LogP contribution in [0.1, 0.15) is 67.5 Å². The first-order chi connectivity index (χ1) is 9.93. The second kappa shape index (κ2) is 5.54. The largest absolute Gasteiger partial charge is 0.388 e. The fraction of sp³-hybridized carbons (Fsp3) is 0.500. The predicted octanol–water partition coefficient (Wildman–Crippen LogP) is 4.59. The molecular formula is C18H23NOS. The van der Waals surface area contributed by atoms with Gasteiger partial charge in [0.05, 0.1) is 16.8 Å². The quantitative estimate of drug-likeness (QED) is 0.895. The topological polar surface area (TPSA) is 33.1 Å². The third-order valence-corrected chi connectivity index (χ3v) is 4.90. The smallest absolute Gasteiger partial charge is 0.0957 e. The summed E-state index contributed by atoms with van der Waals surface area (Å²) >= 11 is 1.65. The number of aliphatic hydroxyl groups excluding tert-OH is 1. The van der Waals surface area contributed by atoms with Gasteiger partial charge in [-0.05, 0) is 29.9 Å². The van der Waals surface area contributed by atoms with Crippen molar-refractivity contribution in [2.45, 2.75) is 57.5 Å². The van der Waals surface area contributed by atoms with E-state index >= 15 is 0 Å². The molecule has 1 atom stereocenters. The first-order valence-electron chi connectivity index (χ1n) is 7.66. The molecule has 2 aromatic rings.